The molecule has 0 N–H and O–H groups in total. The molecule has 0 aliphatic rings. The number of nitrogens with zero attached hydrogens (tertiary/aromatic N) is 3. The Balaban J connectivity index is 2.15. The fraction of sp³-hybridized carbons (Fsp3) is 0. The van der Waals surface area contributed by atoms with Gasteiger partial charge in [0.1, 0.15) is 0 Å². The lowest BCUT2D eigenvalue weighted by Crippen LogP contribution is -1.79. The van der Waals surface area contributed by atoms with Gasteiger partial charge in [-0.05, 0) is 23.8 Å². The van der Waals surface area contributed by atoms with Crippen LogP contribution in [0.2, 0.25) is 0 Å². The molecule has 0 radical (unpaired) electrons. The Morgan fingerprint density at radius 2 is 2.07 bits per heavy atom. The molecule has 0 amide bonds. The van der Waals surface area contributed by atoms with Crippen molar-refractivity contribution in [2.75, 3.05) is 0 Å². The molecule has 0 aliphatic carbocycles. The second kappa shape index (κ2) is 4.25. The van der Waals surface area contributed by atoms with E-state index in [0.717, 1.165) is 5.56 Å². The van der Waals surface area contributed by atoms with Crippen LogP contribution < -0.4 is 0 Å². The fourth-order valence-electron chi connectivity index (χ4n) is 1.20. The molecule has 72 valence electrons. The van der Waals surface area contributed by atoms with Crippen LogP contribution in [0.1, 0.15) is 11.1 Å². The zero-order chi connectivity index (χ0) is 10.5. The van der Waals surface area contributed by atoms with Gasteiger partial charge in [-0.3, -0.25) is 0 Å². The van der Waals surface area contributed by atoms with Crippen LogP contribution in [0.5, 0.6) is 0 Å². The quantitative estimate of drug-likeness (QED) is 0.738. The van der Waals surface area contributed by atoms with E-state index in [1.165, 1.54) is 0 Å². The van der Waals surface area contributed by atoms with E-state index >= 15 is 0 Å². The molecule has 1 heterocycles. The molecule has 1 aromatic heterocycles. The van der Waals surface area contributed by atoms with E-state index in [4.69, 9.17) is 5.26 Å². The molecule has 3 nitrogen and oxygen atoms in total. The predicted molar refractivity (Wildman–Crippen MR) is 58.6 cm³/mol. The summed E-state index contributed by atoms with van der Waals surface area (Å²) in [5.74, 6) is 0. The monoisotopic (exact) mass is 195 g/mol. The van der Waals surface area contributed by atoms with E-state index < -0.39 is 0 Å². The van der Waals surface area contributed by atoms with E-state index in [-0.39, 0.29) is 0 Å². The normalized spacial score (nSPS) is 10.3. The van der Waals surface area contributed by atoms with Gasteiger partial charge in [-0.15, -0.1) is 0 Å². The van der Waals surface area contributed by atoms with Crippen LogP contribution in [0.25, 0.3) is 12.3 Å². The molecular formula is C12H9N3. The van der Waals surface area contributed by atoms with Gasteiger partial charge >= 0.3 is 0 Å². The molecular weight excluding hydrogens is 186 g/mol. The Hall–Kier alpha value is -2.34. The van der Waals surface area contributed by atoms with Crippen molar-refractivity contribution in [3.63, 3.8) is 0 Å². The molecule has 2 rings (SSSR count). The highest BCUT2D eigenvalue weighted by Crippen LogP contribution is 2.05. The minimum Gasteiger partial charge on any atom is -0.313 e. The molecule has 0 saturated carbocycles. The van der Waals surface area contributed by atoms with E-state index in [0.29, 0.717) is 5.56 Å². The Labute approximate surface area is 87.9 Å². The smallest absolute Gasteiger partial charge is 0.0991 e. The van der Waals surface area contributed by atoms with Crippen LogP contribution >= 0.6 is 0 Å². The molecule has 0 spiro atoms. The summed E-state index contributed by atoms with van der Waals surface area (Å²) in [7, 11) is 0. The van der Waals surface area contributed by atoms with Gasteiger partial charge in [0.25, 0.3) is 0 Å². The summed E-state index contributed by atoms with van der Waals surface area (Å²) in [6, 6.07) is 9.50. The molecule has 1 aromatic carbocycles. The summed E-state index contributed by atoms with van der Waals surface area (Å²) in [5, 5.41) is 8.63. The van der Waals surface area contributed by atoms with Crippen molar-refractivity contribution < 1.29 is 0 Å². The van der Waals surface area contributed by atoms with E-state index in [1.54, 1.807) is 24.7 Å². The van der Waals surface area contributed by atoms with Gasteiger partial charge in [0.05, 0.1) is 18.0 Å². The van der Waals surface area contributed by atoms with Crippen LogP contribution in [0.15, 0.2) is 43.0 Å². The standard InChI is InChI=1S/C12H9N3/c13-9-12-3-1-11(2-4-12)5-7-15-8-6-14-10-15/h1-8,10H. The molecule has 0 unspecified atom stereocenters. The number of hydrogen-bond donors (Lipinski definition) is 0. The summed E-state index contributed by atoms with van der Waals surface area (Å²) in [4.78, 5) is 3.93. The maximum Gasteiger partial charge on any atom is 0.0991 e. The minimum atomic E-state index is 0.676. The molecule has 0 atom stereocenters. The van der Waals surface area contributed by atoms with Crippen molar-refractivity contribution >= 4 is 12.3 Å². The van der Waals surface area contributed by atoms with Crippen molar-refractivity contribution in [3.05, 3.63) is 54.1 Å². The lowest BCUT2D eigenvalue weighted by molar-refractivity contribution is 1.14. The number of hydrogen-bond acceptors (Lipinski definition) is 2. The van der Waals surface area contributed by atoms with Gasteiger partial charge in [-0.1, -0.05) is 12.1 Å². The summed E-state index contributed by atoms with van der Waals surface area (Å²) < 4.78 is 1.86. The first kappa shape index (κ1) is 9.22. The number of imidazole rings is 1. The van der Waals surface area contributed by atoms with Crippen molar-refractivity contribution in [1.82, 2.24) is 9.55 Å². The van der Waals surface area contributed by atoms with Gasteiger partial charge in [0.2, 0.25) is 0 Å². The minimum absolute atomic E-state index is 0.676. The number of rotatable bonds is 2. The number of nitriles is 1. The predicted octanol–water partition coefficient (Wildman–Crippen LogP) is 2.38. The fourth-order valence-corrected chi connectivity index (χ4v) is 1.20. The molecule has 2 aromatic rings. The zero-order valence-corrected chi connectivity index (χ0v) is 8.04. The van der Waals surface area contributed by atoms with Crippen molar-refractivity contribution in [2.24, 2.45) is 0 Å². The SMILES string of the molecule is N#Cc1ccc(C=Cn2ccnc2)cc1. The first-order valence-corrected chi connectivity index (χ1v) is 4.54. The first-order valence-electron chi connectivity index (χ1n) is 4.54. The molecule has 0 aliphatic heterocycles. The van der Waals surface area contributed by atoms with Gasteiger partial charge in [-0.25, -0.2) is 4.98 Å². The van der Waals surface area contributed by atoms with Gasteiger partial charge in [-0.2, -0.15) is 5.26 Å². The zero-order valence-electron chi connectivity index (χ0n) is 8.04. The topological polar surface area (TPSA) is 41.6 Å². The van der Waals surface area contributed by atoms with Crippen LogP contribution in [0.4, 0.5) is 0 Å². The van der Waals surface area contributed by atoms with E-state index in [9.17, 15) is 0 Å². The Morgan fingerprint density at radius 3 is 2.67 bits per heavy atom. The van der Waals surface area contributed by atoms with Crippen LogP contribution in [0, 0.1) is 11.3 Å². The number of benzene rings is 1. The molecule has 15 heavy (non-hydrogen) atoms. The third-order valence-electron chi connectivity index (χ3n) is 2.00. The summed E-state index contributed by atoms with van der Waals surface area (Å²) in [6.45, 7) is 0. The maximum absolute atomic E-state index is 8.63. The third-order valence-corrected chi connectivity index (χ3v) is 2.00. The Morgan fingerprint density at radius 1 is 1.27 bits per heavy atom. The highest BCUT2D eigenvalue weighted by molar-refractivity contribution is 5.60. The van der Waals surface area contributed by atoms with E-state index in [2.05, 4.69) is 11.1 Å². The summed E-state index contributed by atoms with van der Waals surface area (Å²) >= 11 is 0. The van der Waals surface area contributed by atoms with Crippen molar-refractivity contribution in [3.8, 4) is 6.07 Å². The molecule has 0 saturated heterocycles. The van der Waals surface area contributed by atoms with Crippen LogP contribution in [-0.4, -0.2) is 9.55 Å². The second-order valence-electron chi connectivity index (χ2n) is 3.06. The maximum atomic E-state index is 8.63. The Kier molecular flexibility index (Phi) is 2.61. The summed E-state index contributed by atoms with van der Waals surface area (Å²) in [5.41, 5.74) is 1.73. The molecule has 3 heteroatoms. The van der Waals surface area contributed by atoms with Crippen molar-refractivity contribution in [2.45, 2.75) is 0 Å². The van der Waals surface area contributed by atoms with Gasteiger partial charge in [0.15, 0.2) is 0 Å². The number of aromatic nitrogens is 2. The van der Waals surface area contributed by atoms with Gasteiger partial charge < -0.3 is 4.57 Å². The molecule has 0 fully saturated rings. The average Bonchev–Trinajstić information content (AvgIpc) is 2.80. The highest BCUT2D eigenvalue weighted by Gasteiger charge is 1.89. The lowest BCUT2D eigenvalue weighted by atomic mass is 10.1. The van der Waals surface area contributed by atoms with Gasteiger partial charge in [0, 0.05) is 18.6 Å². The largest absolute Gasteiger partial charge is 0.313 e. The van der Waals surface area contributed by atoms with Crippen LogP contribution in [-0.2, 0) is 0 Å². The second-order valence-corrected chi connectivity index (χ2v) is 3.06. The van der Waals surface area contributed by atoms with E-state index in [1.807, 2.05) is 35.2 Å². The highest BCUT2D eigenvalue weighted by atomic mass is 15.0. The first-order chi connectivity index (χ1) is 7.38. The van der Waals surface area contributed by atoms with Crippen LogP contribution in [0.3, 0.4) is 0 Å². The van der Waals surface area contributed by atoms with Crippen molar-refractivity contribution in [1.29, 1.82) is 5.26 Å². The lowest BCUT2D eigenvalue weighted by Gasteiger charge is -1.93. The summed E-state index contributed by atoms with van der Waals surface area (Å²) in [6.07, 6.45) is 9.18. The average molecular weight is 195 g/mol. The Bertz CT molecular complexity index is 487. The third kappa shape index (κ3) is 2.32. The molecule has 0 bridgehead atoms.